The summed E-state index contributed by atoms with van der Waals surface area (Å²) in [6.07, 6.45) is 0.512. The van der Waals surface area contributed by atoms with Crippen LogP contribution in [-0.4, -0.2) is 41.7 Å². The van der Waals surface area contributed by atoms with E-state index in [0.717, 1.165) is 5.69 Å². The second-order valence-electron chi connectivity index (χ2n) is 6.43. The van der Waals surface area contributed by atoms with Crippen LogP contribution in [0, 0.1) is 0 Å². The summed E-state index contributed by atoms with van der Waals surface area (Å²) in [5.41, 5.74) is 1.23. The standard InChI is InChI=1S/C21H19N3O6/c1-13(20(25)22-14-8-9-16-17(10-14)29-12-28-16)30-21(26)19-18(27-2)11-24(23-19)15-6-4-3-5-7-15/h3-11,13H,12H2,1-2H3,(H,22,25). The summed E-state index contributed by atoms with van der Waals surface area (Å²) in [7, 11) is 1.43. The Hall–Kier alpha value is -4.01. The number of methoxy groups -OCH3 is 1. The molecule has 3 aromatic rings. The molecule has 0 saturated heterocycles. The molecule has 1 amide bonds. The molecule has 1 aliphatic rings. The fraction of sp³-hybridized carbons (Fsp3) is 0.190. The van der Waals surface area contributed by atoms with E-state index < -0.39 is 18.0 Å². The van der Waals surface area contributed by atoms with Crippen LogP contribution in [0.2, 0.25) is 0 Å². The van der Waals surface area contributed by atoms with Gasteiger partial charge in [-0.25, -0.2) is 9.48 Å². The SMILES string of the molecule is COc1cn(-c2ccccc2)nc1C(=O)OC(C)C(=O)Nc1ccc2c(c1)OCO2. The van der Waals surface area contributed by atoms with Crippen LogP contribution in [0.1, 0.15) is 17.4 Å². The molecule has 2 aromatic carbocycles. The average Bonchev–Trinajstić information content (AvgIpc) is 3.40. The van der Waals surface area contributed by atoms with Crippen LogP contribution >= 0.6 is 0 Å². The Bertz CT molecular complexity index is 1080. The number of nitrogens with zero attached hydrogens (tertiary/aromatic N) is 2. The van der Waals surface area contributed by atoms with Crippen LogP contribution in [0.5, 0.6) is 17.2 Å². The lowest BCUT2D eigenvalue weighted by atomic mass is 10.2. The van der Waals surface area contributed by atoms with Crippen molar-refractivity contribution >= 4 is 17.6 Å². The maximum Gasteiger partial charge on any atom is 0.363 e. The maximum absolute atomic E-state index is 12.6. The van der Waals surface area contributed by atoms with Crippen LogP contribution in [-0.2, 0) is 9.53 Å². The Balaban J connectivity index is 1.44. The third-order valence-corrected chi connectivity index (χ3v) is 4.41. The highest BCUT2D eigenvalue weighted by Gasteiger charge is 2.25. The summed E-state index contributed by atoms with van der Waals surface area (Å²) in [4.78, 5) is 25.0. The van der Waals surface area contributed by atoms with E-state index >= 15 is 0 Å². The second-order valence-corrected chi connectivity index (χ2v) is 6.43. The van der Waals surface area contributed by atoms with Gasteiger partial charge in [-0.3, -0.25) is 4.79 Å². The Kier molecular flexibility index (Phi) is 5.25. The minimum atomic E-state index is -1.06. The molecule has 1 aromatic heterocycles. The van der Waals surface area contributed by atoms with E-state index in [-0.39, 0.29) is 18.2 Å². The number of amides is 1. The number of rotatable bonds is 6. The highest BCUT2D eigenvalue weighted by atomic mass is 16.7. The maximum atomic E-state index is 12.6. The van der Waals surface area contributed by atoms with E-state index in [9.17, 15) is 9.59 Å². The number of hydrogen-bond acceptors (Lipinski definition) is 7. The van der Waals surface area contributed by atoms with Gasteiger partial charge in [-0.15, -0.1) is 0 Å². The quantitative estimate of drug-likeness (QED) is 0.625. The number of benzene rings is 2. The van der Waals surface area contributed by atoms with Crippen molar-refractivity contribution in [2.45, 2.75) is 13.0 Å². The molecule has 1 atom stereocenters. The van der Waals surface area contributed by atoms with Crippen molar-refractivity contribution < 1.29 is 28.5 Å². The first kappa shape index (κ1) is 19.3. The summed E-state index contributed by atoms with van der Waals surface area (Å²) >= 11 is 0. The van der Waals surface area contributed by atoms with Crippen molar-refractivity contribution in [1.82, 2.24) is 9.78 Å². The summed E-state index contributed by atoms with van der Waals surface area (Å²) in [6, 6.07) is 14.2. The topological polar surface area (TPSA) is 101 Å². The van der Waals surface area contributed by atoms with Gasteiger partial charge in [0, 0.05) is 11.8 Å². The molecule has 0 fully saturated rings. The van der Waals surface area contributed by atoms with E-state index in [1.807, 2.05) is 30.3 Å². The molecule has 0 bridgehead atoms. The van der Waals surface area contributed by atoms with Crippen molar-refractivity contribution in [2.75, 3.05) is 19.2 Å². The van der Waals surface area contributed by atoms with E-state index in [0.29, 0.717) is 17.2 Å². The fourth-order valence-corrected chi connectivity index (χ4v) is 2.85. The molecule has 0 radical (unpaired) electrons. The van der Waals surface area contributed by atoms with Crippen LogP contribution < -0.4 is 19.5 Å². The zero-order chi connectivity index (χ0) is 21.1. The molecule has 2 heterocycles. The molecule has 1 N–H and O–H groups in total. The lowest BCUT2D eigenvalue weighted by Gasteiger charge is -2.13. The molecule has 0 aliphatic carbocycles. The minimum absolute atomic E-state index is 0.0240. The van der Waals surface area contributed by atoms with E-state index in [1.165, 1.54) is 18.7 Å². The first-order valence-electron chi connectivity index (χ1n) is 9.15. The monoisotopic (exact) mass is 409 g/mol. The van der Waals surface area contributed by atoms with Gasteiger partial charge in [-0.1, -0.05) is 18.2 Å². The highest BCUT2D eigenvalue weighted by Crippen LogP contribution is 2.34. The number of esters is 1. The normalized spacial score (nSPS) is 12.9. The molecule has 30 heavy (non-hydrogen) atoms. The van der Waals surface area contributed by atoms with E-state index in [2.05, 4.69) is 10.4 Å². The zero-order valence-electron chi connectivity index (χ0n) is 16.3. The number of aromatic nitrogens is 2. The Labute approximate surface area is 172 Å². The van der Waals surface area contributed by atoms with E-state index in [4.69, 9.17) is 18.9 Å². The molecule has 4 rings (SSSR count). The molecule has 0 spiro atoms. The highest BCUT2D eigenvalue weighted by molar-refractivity contribution is 5.97. The number of ether oxygens (including phenoxy) is 4. The van der Waals surface area contributed by atoms with Crippen molar-refractivity contribution in [2.24, 2.45) is 0 Å². The third-order valence-electron chi connectivity index (χ3n) is 4.41. The van der Waals surface area contributed by atoms with Crippen LogP contribution in [0.25, 0.3) is 5.69 Å². The number of carbonyl (C=O) groups excluding carboxylic acids is 2. The average molecular weight is 409 g/mol. The smallest absolute Gasteiger partial charge is 0.363 e. The molecule has 9 nitrogen and oxygen atoms in total. The van der Waals surface area contributed by atoms with Crippen LogP contribution in [0.3, 0.4) is 0 Å². The summed E-state index contributed by atoms with van der Waals surface area (Å²) < 4.78 is 22.6. The predicted octanol–water partition coefficient (Wildman–Crippen LogP) is 2.79. The van der Waals surface area contributed by atoms with Gasteiger partial charge < -0.3 is 24.3 Å². The van der Waals surface area contributed by atoms with Crippen LogP contribution in [0.4, 0.5) is 5.69 Å². The van der Waals surface area contributed by atoms with Crippen molar-refractivity contribution in [3.05, 3.63) is 60.4 Å². The van der Waals surface area contributed by atoms with E-state index in [1.54, 1.807) is 24.4 Å². The van der Waals surface area contributed by atoms with Gasteiger partial charge in [-0.05, 0) is 31.2 Å². The minimum Gasteiger partial charge on any atom is -0.493 e. The fourth-order valence-electron chi connectivity index (χ4n) is 2.85. The number of anilines is 1. The molecule has 9 heteroatoms. The molecular formula is C21H19N3O6. The molecule has 0 saturated carbocycles. The Morgan fingerprint density at radius 2 is 1.90 bits per heavy atom. The van der Waals surface area contributed by atoms with Gasteiger partial charge in [-0.2, -0.15) is 5.10 Å². The number of nitrogens with one attached hydrogen (secondary N) is 1. The van der Waals surface area contributed by atoms with Crippen molar-refractivity contribution in [3.63, 3.8) is 0 Å². The first-order chi connectivity index (χ1) is 14.5. The molecular weight excluding hydrogens is 390 g/mol. The van der Waals surface area contributed by atoms with Gasteiger partial charge >= 0.3 is 5.97 Å². The molecule has 1 unspecified atom stereocenters. The summed E-state index contributed by atoms with van der Waals surface area (Å²) in [5.74, 6) is 0.119. The number of fused-ring (bicyclic) bond motifs is 1. The Morgan fingerprint density at radius 1 is 1.13 bits per heavy atom. The van der Waals surface area contributed by atoms with Crippen molar-refractivity contribution in [3.8, 4) is 22.9 Å². The Morgan fingerprint density at radius 3 is 2.67 bits per heavy atom. The van der Waals surface area contributed by atoms with Gasteiger partial charge in [0.25, 0.3) is 5.91 Å². The summed E-state index contributed by atoms with van der Waals surface area (Å²) in [6.45, 7) is 1.61. The lowest BCUT2D eigenvalue weighted by Crippen LogP contribution is -2.30. The molecule has 154 valence electrons. The lowest BCUT2D eigenvalue weighted by molar-refractivity contribution is -0.123. The number of hydrogen-bond donors (Lipinski definition) is 1. The van der Waals surface area contributed by atoms with Gasteiger partial charge in [0.05, 0.1) is 19.0 Å². The number of para-hydroxylation sites is 1. The van der Waals surface area contributed by atoms with Gasteiger partial charge in [0.1, 0.15) is 0 Å². The first-order valence-corrected chi connectivity index (χ1v) is 9.15. The summed E-state index contributed by atoms with van der Waals surface area (Å²) in [5, 5.41) is 6.92. The van der Waals surface area contributed by atoms with Crippen molar-refractivity contribution in [1.29, 1.82) is 0 Å². The zero-order valence-corrected chi connectivity index (χ0v) is 16.3. The third kappa shape index (κ3) is 3.90. The van der Waals surface area contributed by atoms with Gasteiger partial charge in [0.15, 0.2) is 23.4 Å². The largest absolute Gasteiger partial charge is 0.493 e. The van der Waals surface area contributed by atoms with Gasteiger partial charge in [0.2, 0.25) is 12.5 Å². The molecule has 1 aliphatic heterocycles. The predicted molar refractivity (Wildman–Crippen MR) is 106 cm³/mol. The number of carbonyl (C=O) groups is 2. The second kappa shape index (κ2) is 8.16. The van der Waals surface area contributed by atoms with Crippen LogP contribution in [0.15, 0.2) is 54.7 Å².